The van der Waals surface area contributed by atoms with Crippen LogP contribution in [-0.4, -0.2) is 73.2 Å². The number of piperidine rings is 1. The number of nitrogens with one attached hydrogen (secondary N) is 1. The molecule has 2 atom stereocenters. The highest BCUT2D eigenvalue weighted by atomic mass is 16.6. The zero-order valence-electron chi connectivity index (χ0n) is 29.2. The molecule has 1 fully saturated rings. The average molecular weight is 658 g/mol. The lowest BCUT2D eigenvalue weighted by Gasteiger charge is -2.42. The summed E-state index contributed by atoms with van der Waals surface area (Å²) in [6, 6.07) is 12.8. The zero-order chi connectivity index (χ0) is 34.6. The van der Waals surface area contributed by atoms with E-state index in [9.17, 15) is 9.59 Å². The molecule has 0 aliphatic carbocycles. The van der Waals surface area contributed by atoms with Gasteiger partial charge in [-0.25, -0.2) is 14.8 Å². The predicted octanol–water partition coefficient (Wildman–Crippen LogP) is 6.92. The molecule has 1 N–H and O–H groups in total. The highest BCUT2D eigenvalue weighted by Gasteiger charge is 2.40. The van der Waals surface area contributed by atoms with Crippen molar-refractivity contribution in [2.75, 3.05) is 25.0 Å². The number of nitrogens with zero attached hydrogens (tertiary/aromatic N) is 6. The van der Waals surface area contributed by atoms with Gasteiger partial charge in [0.05, 0.1) is 24.8 Å². The molecule has 0 unspecified atom stereocenters. The number of likely N-dealkylation sites (tertiary alicyclic amines) is 1. The van der Waals surface area contributed by atoms with Gasteiger partial charge in [-0.1, -0.05) is 52.8 Å². The lowest BCUT2D eigenvalue weighted by Crippen LogP contribution is -2.55. The summed E-state index contributed by atoms with van der Waals surface area (Å²) in [7, 11) is 0. The van der Waals surface area contributed by atoms with Crippen molar-refractivity contribution >= 4 is 17.8 Å². The van der Waals surface area contributed by atoms with Crippen molar-refractivity contribution in [1.29, 1.82) is 0 Å². The zero-order valence-corrected chi connectivity index (χ0v) is 29.2. The number of hydrogen-bond acceptors (Lipinski definition) is 10. The minimum Gasteiger partial charge on any atom is -0.467 e. The van der Waals surface area contributed by atoms with E-state index < -0.39 is 17.7 Å². The highest BCUT2D eigenvalue weighted by Crippen LogP contribution is 2.33. The van der Waals surface area contributed by atoms with Gasteiger partial charge >= 0.3 is 6.09 Å². The summed E-state index contributed by atoms with van der Waals surface area (Å²) in [6.45, 7) is 17.1. The van der Waals surface area contributed by atoms with Gasteiger partial charge in [0.15, 0.2) is 0 Å². The predicted molar refractivity (Wildman–Crippen MR) is 181 cm³/mol. The Morgan fingerprint density at radius 3 is 2.44 bits per heavy atom. The number of furan rings is 1. The Morgan fingerprint density at radius 2 is 1.79 bits per heavy atom. The molecule has 0 spiro atoms. The number of benzene rings is 1. The molecule has 4 heterocycles. The maximum atomic E-state index is 14.7. The first kappa shape index (κ1) is 34.6. The second-order valence-electron chi connectivity index (χ2n) is 14.8. The molecule has 1 aliphatic heterocycles. The fourth-order valence-corrected chi connectivity index (χ4v) is 5.61. The second kappa shape index (κ2) is 14.2. The smallest absolute Gasteiger partial charge is 0.410 e. The van der Waals surface area contributed by atoms with Gasteiger partial charge < -0.3 is 28.7 Å². The van der Waals surface area contributed by atoms with Crippen LogP contribution < -0.4 is 5.32 Å². The Bertz CT molecular complexity index is 1670. The molecule has 48 heavy (non-hydrogen) atoms. The van der Waals surface area contributed by atoms with Crippen LogP contribution in [0, 0.1) is 5.92 Å². The van der Waals surface area contributed by atoms with E-state index in [1.165, 1.54) is 0 Å². The molecule has 5 rings (SSSR count). The van der Waals surface area contributed by atoms with Gasteiger partial charge in [-0.2, -0.15) is 0 Å². The summed E-state index contributed by atoms with van der Waals surface area (Å²) in [5, 5.41) is 12.0. The van der Waals surface area contributed by atoms with Crippen molar-refractivity contribution in [1.82, 2.24) is 30.0 Å². The number of carbonyl (C=O) groups is 2. The fraction of sp³-hybridized carbons (Fsp3) is 0.500. The Labute approximate surface area is 282 Å². The number of ether oxygens (including phenoxy) is 1. The summed E-state index contributed by atoms with van der Waals surface area (Å²) in [5.74, 6) is 2.10. The molecule has 1 saturated heterocycles. The van der Waals surface area contributed by atoms with E-state index in [-0.39, 0.29) is 29.7 Å². The summed E-state index contributed by atoms with van der Waals surface area (Å²) in [4.78, 5) is 41.1. The fourth-order valence-electron chi connectivity index (χ4n) is 5.61. The first-order valence-electron chi connectivity index (χ1n) is 16.5. The van der Waals surface area contributed by atoms with E-state index in [0.717, 1.165) is 5.56 Å². The minimum absolute atomic E-state index is 0.131. The molecule has 0 saturated carbocycles. The average Bonchev–Trinajstić information content (AvgIpc) is 3.74. The molecule has 1 aliphatic rings. The molecule has 256 valence electrons. The highest BCUT2D eigenvalue weighted by molar-refractivity contribution is 5.98. The van der Waals surface area contributed by atoms with Gasteiger partial charge in [-0.3, -0.25) is 4.79 Å². The molecule has 0 bridgehead atoms. The van der Waals surface area contributed by atoms with Crippen LogP contribution >= 0.6 is 0 Å². The molecule has 0 radical (unpaired) electrons. The lowest BCUT2D eigenvalue weighted by atomic mass is 9.92. The van der Waals surface area contributed by atoms with Gasteiger partial charge in [0, 0.05) is 36.8 Å². The standard InChI is InChI=1S/C36H47N7O5/c1-23(2)20-43(32(44)28-19-38-33(35(3,4)5)39-29(28)37-18-27-15-12-16-46-27)26-17-25(21-42(22-26)34(45)48-36(6,7)8)31-41-40-30(47-31)24-13-10-9-11-14-24/h9-16,19,23,25-26H,17-18,20-22H2,1-8H3,(H,37,38,39)/t25-,26-/m0/s1. The first-order chi connectivity index (χ1) is 22.7. The van der Waals surface area contributed by atoms with Crippen molar-refractivity contribution in [2.45, 2.75) is 91.3 Å². The maximum absolute atomic E-state index is 14.7. The Balaban J connectivity index is 1.50. The maximum Gasteiger partial charge on any atom is 0.410 e. The van der Waals surface area contributed by atoms with Crippen molar-refractivity contribution in [2.24, 2.45) is 5.92 Å². The van der Waals surface area contributed by atoms with E-state index in [2.05, 4.69) is 34.3 Å². The third-order valence-electron chi connectivity index (χ3n) is 7.85. The Kier molecular flexibility index (Phi) is 10.2. The van der Waals surface area contributed by atoms with Gasteiger partial charge in [0.25, 0.3) is 5.91 Å². The van der Waals surface area contributed by atoms with Crippen LogP contribution in [0.3, 0.4) is 0 Å². The summed E-state index contributed by atoms with van der Waals surface area (Å²) in [5.41, 5.74) is 0.106. The van der Waals surface area contributed by atoms with Crippen LogP contribution in [0.2, 0.25) is 0 Å². The Hall–Kier alpha value is -4.74. The molecular weight excluding hydrogens is 610 g/mol. The summed E-state index contributed by atoms with van der Waals surface area (Å²) < 4.78 is 17.5. The van der Waals surface area contributed by atoms with E-state index >= 15 is 0 Å². The summed E-state index contributed by atoms with van der Waals surface area (Å²) >= 11 is 0. The molecule has 2 amide bonds. The van der Waals surface area contributed by atoms with Crippen molar-refractivity contribution in [3.63, 3.8) is 0 Å². The second-order valence-corrected chi connectivity index (χ2v) is 14.8. The van der Waals surface area contributed by atoms with E-state index in [1.54, 1.807) is 17.4 Å². The number of carbonyl (C=O) groups excluding carboxylic acids is 2. The normalized spacial score (nSPS) is 17.0. The van der Waals surface area contributed by atoms with Crippen molar-refractivity contribution < 1.29 is 23.2 Å². The van der Waals surface area contributed by atoms with Crippen LogP contribution in [0.5, 0.6) is 0 Å². The Morgan fingerprint density at radius 1 is 1.04 bits per heavy atom. The van der Waals surface area contributed by atoms with Crippen LogP contribution in [0.15, 0.2) is 63.8 Å². The van der Waals surface area contributed by atoms with Gasteiger partial charge in [0.1, 0.15) is 28.6 Å². The largest absolute Gasteiger partial charge is 0.467 e. The van der Waals surface area contributed by atoms with Gasteiger partial charge in [-0.15, -0.1) is 10.2 Å². The molecule has 12 nitrogen and oxygen atoms in total. The van der Waals surface area contributed by atoms with E-state index in [4.69, 9.17) is 18.6 Å². The van der Waals surface area contributed by atoms with Crippen LogP contribution in [0.1, 0.15) is 95.6 Å². The van der Waals surface area contributed by atoms with Crippen molar-refractivity contribution in [3.8, 4) is 11.5 Å². The van der Waals surface area contributed by atoms with E-state index in [0.29, 0.717) is 60.8 Å². The number of hydrogen-bond donors (Lipinski definition) is 1. The molecule has 12 heteroatoms. The SMILES string of the molecule is CC(C)CN(C(=O)c1cnc(C(C)(C)C)nc1NCc1ccco1)[C@H]1C[C@H](c2nnc(-c3ccccc3)o2)CN(C(=O)OC(C)(C)C)C1. The van der Waals surface area contributed by atoms with Gasteiger partial charge in [0.2, 0.25) is 11.8 Å². The third-order valence-corrected chi connectivity index (χ3v) is 7.85. The molecule has 3 aromatic heterocycles. The first-order valence-corrected chi connectivity index (χ1v) is 16.5. The van der Waals surface area contributed by atoms with Gasteiger partial charge in [-0.05, 0) is 57.4 Å². The minimum atomic E-state index is -0.696. The van der Waals surface area contributed by atoms with E-state index in [1.807, 2.05) is 88.9 Å². The lowest BCUT2D eigenvalue weighted by molar-refractivity contribution is 0.00519. The van der Waals surface area contributed by atoms with Crippen LogP contribution in [0.25, 0.3) is 11.5 Å². The van der Waals surface area contributed by atoms with Crippen LogP contribution in [0.4, 0.5) is 10.6 Å². The third kappa shape index (κ3) is 8.59. The summed E-state index contributed by atoms with van der Waals surface area (Å²) in [6.07, 6.45) is 3.25. The number of anilines is 1. The van der Waals surface area contributed by atoms with Crippen LogP contribution in [-0.2, 0) is 16.7 Å². The molecule has 4 aromatic rings. The number of amides is 2. The monoisotopic (exact) mass is 657 g/mol. The topological polar surface area (TPSA) is 140 Å². The number of aromatic nitrogens is 4. The quantitative estimate of drug-likeness (QED) is 0.202. The molecular formula is C36H47N7O5. The van der Waals surface area contributed by atoms with Crippen molar-refractivity contribution in [3.05, 3.63) is 78.0 Å². The number of rotatable bonds is 9. The molecule has 1 aromatic carbocycles.